The molecular formula is C17H20N4S2. The zero-order chi connectivity index (χ0) is 15.8. The van der Waals surface area contributed by atoms with Crippen molar-refractivity contribution in [2.24, 2.45) is 5.73 Å². The monoisotopic (exact) mass is 344 g/mol. The highest BCUT2D eigenvalue weighted by Gasteiger charge is 2.30. The minimum Gasteiger partial charge on any atom is -0.377 e. The zero-order valence-electron chi connectivity index (χ0n) is 13.1. The van der Waals surface area contributed by atoms with Crippen LogP contribution in [0.4, 0.5) is 5.69 Å². The van der Waals surface area contributed by atoms with Crippen LogP contribution >= 0.6 is 22.7 Å². The van der Waals surface area contributed by atoms with E-state index in [1.807, 2.05) is 22.9 Å². The van der Waals surface area contributed by atoms with Crippen molar-refractivity contribution in [1.82, 2.24) is 9.97 Å². The maximum Gasteiger partial charge on any atom is 0.112 e. The lowest BCUT2D eigenvalue weighted by Crippen LogP contribution is -2.02. The number of thiophene rings is 1. The summed E-state index contributed by atoms with van der Waals surface area (Å²) in [6, 6.07) is 2.15. The van der Waals surface area contributed by atoms with Crippen LogP contribution in [0.15, 0.2) is 17.6 Å². The zero-order valence-corrected chi connectivity index (χ0v) is 14.8. The minimum absolute atomic E-state index is 0.700. The first kappa shape index (κ1) is 15.1. The molecule has 3 aromatic rings. The number of fused-ring (bicyclic) bond motifs is 1. The van der Waals surface area contributed by atoms with Gasteiger partial charge in [-0.15, -0.1) is 22.7 Å². The molecule has 6 heteroatoms. The Hall–Kier alpha value is -1.50. The molecule has 0 spiro atoms. The average Bonchev–Trinajstić information content (AvgIpc) is 3.09. The topological polar surface area (TPSA) is 63.8 Å². The van der Waals surface area contributed by atoms with E-state index in [4.69, 9.17) is 10.7 Å². The highest BCUT2D eigenvalue weighted by molar-refractivity contribution is 7.19. The lowest BCUT2D eigenvalue weighted by Gasteiger charge is -2.07. The van der Waals surface area contributed by atoms with Crippen LogP contribution in [-0.2, 0) is 13.0 Å². The Kier molecular flexibility index (Phi) is 4.05. The van der Waals surface area contributed by atoms with E-state index in [-0.39, 0.29) is 0 Å². The molecule has 4 rings (SSSR count). The fourth-order valence-corrected chi connectivity index (χ4v) is 4.90. The summed E-state index contributed by atoms with van der Waals surface area (Å²) in [4.78, 5) is 10.6. The van der Waals surface area contributed by atoms with Gasteiger partial charge in [-0.25, -0.2) is 4.98 Å². The van der Waals surface area contributed by atoms with Gasteiger partial charge in [0.05, 0.1) is 22.4 Å². The molecule has 1 fully saturated rings. The predicted molar refractivity (Wildman–Crippen MR) is 98.5 cm³/mol. The van der Waals surface area contributed by atoms with E-state index in [0.717, 1.165) is 23.7 Å². The Morgan fingerprint density at radius 2 is 2.26 bits per heavy atom. The first-order valence-corrected chi connectivity index (χ1v) is 9.71. The number of nitrogens with zero attached hydrogens (tertiary/aromatic N) is 2. The second-order valence-corrected chi connectivity index (χ2v) is 8.10. The molecule has 0 unspecified atom stereocenters. The van der Waals surface area contributed by atoms with Crippen molar-refractivity contribution in [2.75, 3.05) is 11.9 Å². The molecule has 1 aliphatic rings. The number of nitrogens with two attached hydrogens (primary N) is 1. The minimum atomic E-state index is 0.700. The molecular weight excluding hydrogens is 324 g/mol. The third-order valence-electron chi connectivity index (χ3n) is 4.15. The summed E-state index contributed by atoms with van der Waals surface area (Å²) in [5.74, 6) is 0.700. The summed E-state index contributed by atoms with van der Waals surface area (Å²) in [5.41, 5.74) is 10.7. The van der Waals surface area contributed by atoms with Crippen molar-refractivity contribution < 1.29 is 0 Å². The van der Waals surface area contributed by atoms with Gasteiger partial charge in [0.1, 0.15) is 5.01 Å². The quantitative estimate of drug-likeness (QED) is 0.708. The Morgan fingerprint density at radius 3 is 2.96 bits per heavy atom. The number of pyridine rings is 1. The van der Waals surface area contributed by atoms with E-state index in [1.165, 1.54) is 39.2 Å². The highest BCUT2D eigenvalue weighted by Crippen LogP contribution is 2.49. The molecule has 4 nitrogen and oxygen atoms in total. The molecule has 0 saturated heterocycles. The number of nitrogens with one attached hydrogen (secondary N) is 1. The van der Waals surface area contributed by atoms with Crippen LogP contribution in [0, 0.1) is 6.92 Å². The van der Waals surface area contributed by atoms with E-state index in [1.54, 1.807) is 11.3 Å². The molecule has 0 atom stereocenters. The summed E-state index contributed by atoms with van der Waals surface area (Å²) >= 11 is 3.55. The molecule has 120 valence electrons. The van der Waals surface area contributed by atoms with E-state index < -0.39 is 0 Å². The van der Waals surface area contributed by atoms with Crippen molar-refractivity contribution in [1.29, 1.82) is 0 Å². The molecule has 3 N–H and O–H groups in total. The maximum absolute atomic E-state index is 5.83. The fourth-order valence-electron chi connectivity index (χ4n) is 3.01. The lowest BCUT2D eigenvalue weighted by atomic mass is 10.1. The fraction of sp³-hybridized carbons (Fsp3) is 0.412. The average molecular weight is 345 g/mol. The van der Waals surface area contributed by atoms with Gasteiger partial charge in [-0.05, 0) is 50.3 Å². The highest BCUT2D eigenvalue weighted by atomic mass is 32.1. The van der Waals surface area contributed by atoms with Crippen LogP contribution in [0.3, 0.4) is 0 Å². The lowest BCUT2D eigenvalue weighted by molar-refractivity contribution is 0.962. The van der Waals surface area contributed by atoms with Crippen molar-refractivity contribution in [3.63, 3.8) is 0 Å². The Balaban J connectivity index is 1.76. The number of hydrogen-bond donors (Lipinski definition) is 2. The van der Waals surface area contributed by atoms with Crippen LogP contribution in [0.1, 0.15) is 39.9 Å². The second kappa shape index (κ2) is 6.19. The van der Waals surface area contributed by atoms with Crippen LogP contribution in [0.2, 0.25) is 0 Å². The SMILES string of the molecule is Cc1cc(NCc2nccs2)c2sc(CCN)c(C3CC3)c2n1. The smallest absolute Gasteiger partial charge is 0.112 e. The third kappa shape index (κ3) is 2.98. The molecule has 3 aromatic heterocycles. The van der Waals surface area contributed by atoms with Gasteiger partial charge in [-0.3, -0.25) is 4.98 Å². The third-order valence-corrected chi connectivity index (χ3v) is 6.22. The normalized spacial score (nSPS) is 14.5. The maximum atomic E-state index is 5.83. The molecule has 0 aromatic carbocycles. The van der Waals surface area contributed by atoms with Crippen LogP contribution in [0.25, 0.3) is 10.2 Å². The number of rotatable bonds is 6. The van der Waals surface area contributed by atoms with Crippen LogP contribution in [0.5, 0.6) is 0 Å². The number of hydrogen-bond acceptors (Lipinski definition) is 6. The van der Waals surface area contributed by atoms with Gasteiger partial charge in [0.2, 0.25) is 0 Å². The second-order valence-electron chi connectivity index (χ2n) is 6.02. The molecule has 0 radical (unpaired) electrons. The van der Waals surface area contributed by atoms with E-state index in [0.29, 0.717) is 12.5 Å². The van der Waals surface area contributed by atoms with Gasteiger partial charge in [-0.1, -0.05) is 0 Å². The molecule has 1 saturated carbocycles. The van der Waals surface area contributed by atoms with Gasteiger partial charge in [0.15, 0.2) is 0 Å². The van der Waals surface area contributed by atoms with Gasteiger partial charge in [0, 0.05) is 22.1 Å². The Labute approximate surface area is 143 Å². The molecule has 0 aliphatic heterocycles. The molecule has 0 amide bonds. The van der Waals surface area contributed by atoms with Gasteiger partial charge in [0.25, 0.3) is 0 Å². The van der Waals surface area contributed by atoms with Crippen LogP contribution < -0.4 is 11.1 Å². The van der Waals surface area contributed by atoms with E-state index in [2.05, 4.69) is 23.3 Å². The Bertz CT molecular complexity index is 819. The van der Waals surface area contributed by atoms with Crippen molar-refractivity contribution in [2.45, 2.75) is 38.6 Å². The summed E-state index contributed by atoms with van der Waals surface area (Å²) in [5, 5.41) is 6.68. The number of aryl methyl sites for hydroxylation is 1. The standard InChI is InChI=1S/C17H20N4S2/c1-10-8-12(20-9-14-19-6-7-22-14)17-16(21-10)15(11-2-3-11)13(23-17)4-5-18/h6-8,11H,2-5,9,18H2,1H3,(H,20,21). The molecule has 23 heavy (non-hydrogen) atoms. The van der Waals surface area contributed by atoms with Gasteiger partial charge < -0.3 is 11.1 Å². The van der Waals surface area contributed by atoms with E-state index >= 15 is 0 Å². The number of anilines is 1. The number of thiazole rings is 1. The predicted octanol–water partition coefficient (Wildman–Crippen LogP) is 4.05. The summed E-state index contributed by atoms with van der Waals surface area (Å²) in [6.45, 7) is 3.54. The van der Waals surface area contributed by atoms with Crippen molar-refractivity contribution in [3.8, 4) is 0 Å². The summed E-state index contributed by atoms with van der Waals surface area (Å²) in [6.07, 6.45) is 5.39. The first-order valence-electron chi connectivity index (χ1n) is 8.01. The van der Waals surface area contributed by atoms with Crippen molar-refractivity contribution >= 4 is 38.6 Å². The molecule has 1 aliphatic carbocycles. The van der Waals surface area contributed by atoms with Crippen LogP contribution in [-0.4, -0.2) is 16.5 Å². The molecule has 0 bridgehead atoms. The summed E-state index contributed by atoms with van der Waals surface area (Å²) in [7, 11) is 0. The number of aromatic nitrogens is 2. The molecule has 3 heterocycles. The van der Waals surface area contributed by atoms with Gasteiger partial charge >= 0.3 is 0 Å². The first-order chi connectivity index (χ1) is 11.3. The van der Waals surface area contributed by atoms with E-state index in [9.17, 15) is 0 Å². The van der Waals surface area contributed by atoms with Crippen molar-refractivity contribution in [3.05, 3.63) is 38.8 Å². The Morgan fingerprint density at radius 1 is 1.39 bits per heavy atom. The van der Waals surface area contributed by atoms with Gasteiger partial charge in [-0.2, -0.15) is 0 Å². The largest absolute Gasteiger partial charge is 0.377 e. The summed E-state index contributed by atoms with van der Waals surface area (Å²) < 4.78 is 1.28.